The second-order valence-corrected chi connectivity index (χ2v) is 8.01. The van der Waals surface area contributed by atoms with E-state index in [1.165, 1.54) is 6.08 Å². The van der Waals surface area contributed by atoms with E-state index in [1.54, 1.807) is 43.8 Å². The van der Waals surface area contributed by atoms with Crippen molar-refractivity contribution in [2.45, 2.75) is 6.92 Å². The molecule has 4 rings (SSSR count). The lowest BCUT2D eigenvalue weighted by Crippen LogP contribution is -2.13. The van der Waals surface area contributed by atoms with Crippen LogP contribution in [0.4, 0.5) is 17.3 Å². The number of nitrogens with one attached hydrogen (secondary N) is 2. The number of ether oxygens (including phenoxy) is 1. The van der Waals surface area contributed by atoms with Crippen LogP contribution in [0.5, 0.6) is 5.75 Å². The normalized spacial score (nSPS) is 11.3. The van der Waals surface area contributed by atoms with Crippen LogP contribution in [-0.4, -0.2) is 58.1 Å². The molecule has 9 heteroatoms. The summed E-state index contributed by atoms with van der Waals surface area (Å²) in [4.78, 5) is 23.4. The molecule has 4 aromatic rings. The summed E-state index contributed by atoms with van der Waals surface area (Å²) in [6.45, 7) is 2.65. The van der Waals surface area contributed by atoms with E-state index < -0.39 is 0 Å². The molecule has 0 aliphatic carbocycles. The molecule has 0 bridgehead atoms. The van der Waals surface area contributed by atoms with Crippen LogP contribution >= 0.6 is 0 Å². The van der Waals surface area contributed by atoms with E-state index in [-0.39, 0.29) is 5.91 Å². The molecule has 0 aliphatic heterocycles. The number of pyridine rings is 1. The van der Waals surface area contributed by atoms with E-state index in [4.69, 9.17) is 9.72 Å². The summed E-state index contributed by atoms with van der Waals surface area (Å²) in [5.74, 6) is 0.798. The SMILES string of the molecule is COc1ccc(NC(=O)C=CCN(C)C)cc1Nc1ncc(C)c(-c2cnn3ccccc23)n1. The van der Waals surface area contributed by atoms with Crippen LogP contribution in [0.15, 0.2) is 67.1 Å². The Morgan fingerprint density at radius 2 is 2.06 bits per heavy atom. The smallest absolute Gasteiger partial charge is 0.248 e. The number of fused-ring (bicyclic) bond motifs is 1. The van der Waals surface area contributed by atoms with Crippen molar-refractivity contribution in [1.82, 2.24) is 24.5 Å². The molecular weight excluding hydrogens is 430 g/mol. The van der Waals surface area contributed by atoms with Gasteiger partial charge in [0.15, 0.2) is 0 Å². The van der Waals surface area contributed by atoms with Crippen molar-refractivity contribution in [2.24, 2.45) is 0 Å². The largest absolute Gasteiger partial charge is 0.495 e. The molecule has 0 saturated heterocycles. The van der Waals surface area contributed by atoms with Crippen LogP contribution in [0.25, 0.3) is 16.8 Å². The number of likely N-dealkylation sites (N-methyl/N-ethyl adjacent to an activating group) is 1. The molecule has 3 heterocycles. The third-order valence-corrected chi connectivity index (χ3v) is 5.11. The van der Waals surface area contributed by atoms with Crippen molar-refractivity contribution in [3.63, 3.8) is 0 Å². The van der Waals surface area contributed by atoms with Crippen molar-refractivity contribution in [1.29, 1.82) is 0 Å². The van der Waals surface area contributed by atoms with E-state index in [0.29, 0.717) is 29.6 Å². The summed E-state index contributed by atoms with van der Waals surface area (Å²) in [5, 5.41) is 10.5. The maximum atomic E-state index is 12.2. The first-order chi connectivity index (χ1) is 16.4. The van der Waals surface area contributed by atoms with Gasteiger partial charge in [-0.2, -0.15) is 5.10 Å². The highest BCUT2D eigenvalue weighted by Gasteiger charge is 2.14. The Labute approximate surface area is 198 Å². The molecule has 0 fully saturated rings. The molecule has 174 valence electrons. The average Bonchev–Trinajstić information content (AvgIpc) is 3.24. The van der Waals surface area contributed by atoms with Crippen molar-refractivity contribution >= 4 is 28.7 Å². The highest BCUT2D eigenvalue weighted by atomic mass is 16.5. The molecule has 0 radical (unpaired) electrons. The zero-order valence-electron chi connectivity index (χ0n) is 19.6. The minimum absolute atomic E-state index is 0.208. The second-order valence-electron chi connectivity index (χ2n) is 8.01. The Balaban J connectivity index is 1.60. The van der Waals surface area contributed by atoms with Gasteiger partial charge in [-0.05, 0) is 56.9 Å². The van der Waals surface area contributed by atoms with Crippen molar-refractivity contribution in [3.8, 4) is 17.0 Å². The second kappa shape index (κ2) is 10.1. The first kappa shape index (κ1) is 22.9. The quantitative estimate of drug-likeness (QED) is 0.387. The summed E-state index contributed by atoms with van der Waals surface area (Å²) in [6.07, 6.45) is 8.79. The van der Waals surface area contributed by atoms with Crippen LogP contribution in [0, 0.1) is 6.92 Å². The molecule has 0 saturated carbocycles. The van der Waals surface area contributed by atoms with Gasteiger partial charge in [0.1, 0.15) is 5.75 Å². The number of aryl methyl sites for hydroxylation is 1. The molecule has 1 amide bonds. The van der Waals surface area contributed by atoms with Crippen LogP contribution in [-0.2, 0) is 4.79 Å². The molecule has 0 spiro atoms. The first-order valence-corrected chi connectivity index (χ1v) is 10.8. The topological polar surface area (TPSA) is 96.7 Å². The zero-order valence-corrected chi connectivity index (χ0v) is 19.6. The summed E-state index contributed by atoms with van der Waals surface area (Å²) < 4.78 is 7.30. The average molecular weight is 458 g/mol. The van der Waals surface area contributed by atoms with Gasteiger partial charge in [0.25, 0.3) is 0 Å². The lowest BCUT2D eigenvalue weighted by atomic mass is 10.1. The number of hydrogen-bond acceptors (Lipinski definition) is 7. The minimum Gasteiger partial charge on any atom is -0.495 e. The fourth-order valence-corrected chi connectivity index (χ4v) is 3.45. The molecular formula is C25H27N7O2. The number of methoxy groups -OCH3 is 1. The summed E-state index contributed by atoms with van der Waals surface area (Å²) in [5.41, 5.74) is 4.85. The molecule has 2 N–H and O–H groups in total. The van der Waals surface area contributed by atoms with Crippen molar-refractivity contribution < 1.29 is 9.53 Å². The fourth-order valence-electron chi connectivity index (χ4n) is 3.45. The number of carbonyl (C=O) groups excluding carboxylic acids is 1. The van der Waals surface area contributed by atoms with E-state index in [1.807, 2.05) is 54.8 Å². The van der Waals surface area contributed by atoms with Crippen LogP contribution < -0.4 is 15.4 Å². The van der Waals surface area contributed by atoms with E-state index in [2.05, 4.69) is 20.7 Å². The Morgan fingerprint density at radius 3 is 2.85 bits per heavy atom. The van der Waals surface area contributed by atoms with Crippen molar-refractivity contribution in [3.05, 3.63) is 72.7 Å². The number of nitrogens with zero attached hydrogens (tertiary/aromatic N) is 5. The van der Waals surface area contributed by atoms with Crippen LogP contribution in [0.2, 0.25) is 0 Å². The van der Waals surface area contributed by atoms with Crippen LogP contribution in [0.1, 0.15) is 5.56 Å². The summed E-state index contributed by atoms with van der Waals surface area (Å²) >= 11 is 0. The fraction of sp³-hybridized carbons (Fsp3) is 0.200. The molecule has 34 heavy (non-hydrogen) atoms. The number of amides is 1. The van der Waals surface area contributed by atoms with Gasteiger partial charge in [0.2, 0.25) is 11.9 Å². The molecule has 1 aromatic carbocycles. The Kier molecular flexibility index (Phi) is 6.84. The van der Waals surface area contributed by atoms with E-state index in [0.717, 1.165) is 22.3 Å². The summed E-state index contributed by atoms with van der Waals surface area (Å²) in [6, 6.07) is 11.2. The van der Waals surface area contributed by atoms with Gasteiger partial charge in [0, 0.05) is 36.3 Å². The van der Waals surface area contributed by atoms with E-state index >= 15 is 0 Å². The van der Waals surface area contributed by atoms with Gasteiger partial charge in [-0.1, -0.05) is 12.1 Å². The standard InChI is InChI=1S/C25H27N7O2/c1-17-15-26-25(30-24(17)19-16-27-32-13-6-5-8-21(19)32)29-20-14-18(10-11-22(20)34-4)28-23(33)9-7-12-31(2)3/h5-11,13-16H,12H2,1-4H3,(H,28,33)(H,26,29,30). The molecule has 0 atom stereocenters. The number of benzene rings is 1. The van der Waals surface area contributed by atoms with Gasteiger partial charge < -0.3 is 20.3 Å². The summed E-state index contributed by atoms with van der Waals surface area (Å²) in [7, 11) is 5.47. The number of anilines is 3. The maximum absolute atomic E-state index is 12.2. The Morgan fingerprint density at radius 1 is 1.21 bits per heavy atom. The van der Waals surface area contributed by atoms with Gasteiger partial charge in [-0.3, -0.25) is 4.79 Å². The monoisotopic (exact) mass is 457 g/mol. The third kappa shape index (κ3) is 5.21. The molecule has 0 aliphatic rings. The lowest BCUT2D eigenvalue weighted by molar-refractivity contribution is -0.111. The predicted octanol–water partition coefficient (Wildman–Crippen LogP) is 3.91. The number of hydrogen-bond donors (Lipinski definition) is 2. The first-order valence-electron chi connectivity index (χ1n) is 10.8. The highest BCUT2D eigenvalue weighted by Crippen LogP contribution is 2.31. The van der Waals surface area contributed by atoms with Crippen molar-refractivity contribution in [2.75, 3.05) is 38.4 Å². The Bertz CT molecular complexity index is 1340. The number of aromatic nitrogens is 4. The molecule has 9 nitrogen and oxygen atoms in total. The van der Waals surface area contributed by atoms with Crippen LogP contribution in [0.3, 0.4) is 0 Å². The number of rotatable bonds is 8. The maximum Gasteiger partial charge on any atom is 0.248 e. The third-order valence-electron chi connectivity index (χ3n) is 5.11. The predicted molar refractivity (Wildman–Crippen MR) is 134 cm³/mol. The minimum atomic E-state index is -0.208. The van der Waals surface area contributed by atoms with Gasteiger partial charge >= 0.3 is 0 Å². The number of carbonyl (C=O) groups is 1. The van der Waals surface area contributed by atoms with Gasteiger partial charge in [-0.15, -0.1) is 0 Å². The zero-order chi connectivity index (χ0) is 24.1. The Hall–Kier alpha value is -4.24. The lowest BCUT2D eigenvalue weighted by Gasteiger charge is -2.13. The van der Waals surface area contributed by atoms with E-state index in [9.17, 15) is 4.79 Å². The molecule has 0 unspecified atom stereocenters. The molecule has 3 aromatic heterocycles. The highest BCUT2D eigenvalue weighted by molar-refractivity contribution is 5.99. The van der Waals surface area contributed by atoms with Gasteiger partial charge in [-0.25, -0.2) is 14.5 Å². The van der Waals surface area contributed by atoms with Gasteiger partial charge in [0.05, 0.1) is 30.2 Å².